The van der Waals surface area contributed by atoms with E-state index in [9.17, 15) is 4.79 Å². The number of rotatable bonds is 6. The molecule has 0 spiro atoms. The van der Waals surface area contributed by atoms with Crippen molar-refractivity contribution in [2.45, 2.75) is 20.0 Å². The summed E-state index contributed by atoms with van der Waals surface area (Å²) in [7, 11) is 0. The number of benzene rings is 1. The van der Waals surface area contributed by atoms with Gasteiger partial charge in [-0.2, -0.15) is 0 Å². The highest BCUT2D eigenvalue weighted by molar-refractivity contribution is 5.90. The number of hydrogen-bond acceptors (Lipinski definition) is 3. The van der Waals surface area contributed by atoms with Gasteiger partial charge in [-0.3, -0.25) is 4.79 Å². The minimum Gasteiger partial charge on any atom is -0.392 e. The molecule has 1 amide bonds. The van der Waals surface area contributed by atoms with Gasteiger partial charge in [-0.15, -0.1) is 0 Å². The molecular formula is C12H18N2O2. The van der Waals surface area contributed by atoms with Crippen LogP contribution in [0.3, 0.4) is 0 Å². The quantitative estimate of drug-likeness (QED) is 0.632. The zero-order chi connectivity index (χ0) is 11.8. The molecule has 0 heterocycles. The van der Waals surface area contributed by atoms with Gasteiger partial charge in [0.1, 0.15) is 0 Å². The van der Waals surface area contributed by atoms with Crippen LogP contribution in [0.1, 0.15) is 18.9 Å². The largest absolute Gasteiger partial charge is 0.392 e. The van der Waals surface area contributed by atoms with E-state index < -0.39 is 0 Å². The third kappa shape index (κ3) is 4.42. The van der Waals surface area contributed by atoms with Crippen molar-refractivity contribution in [2.24, 2.45) is 0 Å². The van der Waals surface area contributed by atoms with Gasteiger partial charge in [-0.25, -0.2) is 0 Å². The fourth-order valence-corrected chi connectivity index (χ4v) is 1.35. The fourth-order valence-electron chi connectivity index (χ4n) is 1.35. The topological polar surface area (TPSA) is 61.4 Å². The van der Waals surface area contributed by atoms with Crippen LogP contribution in [0.2, 0.25) is 0 Å². The number of nitrogens with one attached hydrogen (secondary N) is 2. The molecule has 3 N–H and O–H groups in total. The second-order valence-corrected chi connectivity index (χ2v) is 3.51. The predicted molar refractivity (Wildman–Crippen MR) is 64.2 cm³/mol. The number of carbonyl (C=O) groups is 1. The van der Waals surface area contributed by atoms with E-state index in [0.717, 1.165) is 17.8 Å². The van der Waals surface area contributed by atoms with E-state index in [2.05, 4.69) is 10.6 Å². The van der Waals surface area contributed by atoms with Crippen LogP contribution in [0.25, 0.3) is 0 Å². The van der Waals surface area contributed by atoms with Crippen molar-refractivity contribution in [3.05, 3.63) is 29.8 Å². The van der Waals surface area contributed by atoms with Crippen LogP contribution in [0.15, 0.2) is 24.3 Å². The first-order valence-electron chi connectivity index (χ1n) is 5.46. The second kappa shape index (κ2) is 6.98. The summed E-state index contributed by atoms with van der Waals surface area (Å²) >= 11 is 0. The summed E-state index contributed by atoms with van der Waals surface area (Å²) < 4.78 is 0. The number of carbonyl (C=O) groups excluding carboxylic acids is 1. The smallest absolute Gasteiger partial charge is 0.225 e. The van der Waals surface area contributed by atoms with Gasteiger partial charge in [-0.05, 0) is 24.2 Å². The maximum Gasteiger partial charge on any atom is 0.225 e. The molecule has 0 bridgehead atoms. The lowest BCUT2D eigenvalue weighted by Crippen LogP contribution is -2.21. The average Bonchev–Trinajstić information content (AvgIpc) is 2.29. The van der Waals surface area contributed by atoms with Crippen LogP contribution in [0.4, 0.5) is 5.69 Å². The Labute approximate surface area is 95.7 Å². The maximum absolute atomic E-state index is 11.5. The fraction of sp³-hybridized carbons (Fsp3) is 0.417. The molecule has 0 radical (unpaired) electrons. The van der Waals surface area contributed by atoms with Crippen molar-refractivity contribution in [3.8, 4) is 0 Å². The van der Waals surface area contributed by atoms with Gasteiger partial charge in [-0.1, -0.05) is 19.1 Å². The summed E-state index contributed by atoms with van der Waals surface area (Å²) in [6, 6.07) is 7.20. The van der Waals surface area contributed by atoms with Gasteiger partial charge >= 0.3 is 0 Å². The Hall–Kier alpha value is -1.39. The highest BCUT2D eigenvalue weighted by Crippen LogP contribution is 2.10. The van der Waals surface area contributed by atoms with Gasteiger partial charge in [0.2, 0.25) is 5.91 Å². The van der Waals surface area contributed by atoms with Crippen LogP contribution in [-0.4, -0.2) is 24.1 Å². The summed E-state index contributed by atoms with van der Waals surface area (Å²) in [4.78, 5) is 11.5. The lowest BCUT2D eigenvalue weighted by atomic mass is 10.2. The zero-order valence-electron chi connectivity index (χ0n) is 9.49. The summed E-state index contributed by atoms with van der Waals surface area (Å²) in [6.07, 6.45) is 0.456. The molecule has 0 aliphatic carbocycles. The lowest BCUT2D eigenvalue weighted by molar-refractivity contribution is -0.116. The monoisotopic (exact) mass is 222 g/mol. The Morgan fingerprint density at radius 1 is 1.44 bits per heavy atom. The Kier molecular flexibility index (Phi) is 5.53. The van der Waals surface area contributed by atoms with Crippen LogP contribution in [0, 0.1) is 0 Å². The molecule has 0 aliphatic rings. The predicted octanol–water partition coefficient (Wildman–Crippen LogP) is 1.12. The van der Waals surface area contributed by atoms with Crippen molar-refractivity contribution in [3.63, 3.8) is 0 Å². The Morgan fingerprint density at radius 2 is 2.25 bits per heavy atom. The van der Waals surface area contributed by atoms with Gasteiger partial charge in [0, 0.05) is 18.7 Å². The minimum absolute atomic E-state index is 0.0128. The van der Waals surface area contributed by atoms with Gasteiger partial charge < -0.3 is 15.7 Å². The molecule has 0 aliphatic heterocycles. The van der Waals surface area contributed by atoms with E-state index in [1.165, 1.54) is 0 Å². The third-order valence-electron chi connectivity index (χ3n) is 2.17. The molecule has 16 heavy (non-hydrogen) atoms. The van der Waals surface area contributed by atoms with Crippen molar-refractivity contribution in [2.75, 3.05) is 18.4 Å². The molecule has 4 heteroatoms. The van der Waals surface area contributed by atoms with Crippen LogP contribution in [-0.2, 0) is 11.4 Å². The number of aliphatic hydroxyl groups excluding tert-OH is 1. The van der Waals surface area contributed by atoms with E-state index in [0.29, 0.717) is 13.0 Å². The highest BCUT2D eigenvalue weighted by atomic mass is 16.3. The van der Waals surface area contributed by atoms with Crippen molar-refractivity contribution >= 4 is 11.6 Å². The average molecular weight is 222 g/mol. The van der Waals surface area contributed by atoms with E-state index in [1.807, 2.05) is 25.1 Å². The zero-order valence-corrected chi connectivity index (χ0v) is 9.49. The number of hydrogen-bond donors (Lipinski definition) is 3. The third-order valence-corrected chi connectivity index (χ3v) is 2.17. The Morgan fingerprint density at radius 3 is 2.94 bits per heavy atom. The van der Waals surface area contributed by atoms with Crippen LogP contribution >= 0.6 is 0 Å². The second-order valence-electron chi connectivity index (χ2n) is 3.51. The van der Waals surface area contributed by atoms with E-state index >= 15 is 0 Å². The first-order valence-corrected chi connectivity index (χ1v) is 5.46. The molecule has 0 aromatic heterocycles. The molecule has 0 atom stereocenters. The molecule has 0 fully saturated rings. The molecule has 4 nitrogen and oxygen atoms in total. The number of anilines is 1. The summed E-state index contributed by atoms with van der Waals surface area (Å²) in [6.45, 7) is 3.54. The lowest BCUT2D eigenvalue weighted by Gasteiger charge is -2.06. The standard InChI is InChI=1S/C12H18N2O2/c1-2-13-7-6-12(16)14-11-5-3-4-10(8-11)9-15/h3-5,8,13,15H,2,6-7,9H2,1H3,(H,14,16). The van der Waals surface area contributed by atoms with Gasteiger partial charge in [0.25, 0.3) is 0 Å². The maximum atomic E-state index is 11.5. The van der Waals surface area contributed by atoms with Gasteiger partial charge in [0.15, 0.2) is 0 Å². The molecule has 1 aromatic rings. The van der Waals surface area contributed by atoms with E-state index in [4.69, 9.17) is 5.11 Å². The SMILES string of the molecule is CCNCCC(=O)Nc1cccc(CO)c1. The van der Waals surface area contributed by atoms with Crippen molar-refractivity contribution in [1.82, 2.24) is 5.32 Å². The van der Waals surface area contributed by atoms with Crippen LogP contribution in [0.5, 0.6) is 0 Å². The highest BCUT2D eigenvalue weighted by Gasteiger charge is 2.01. The Bertz CT molecular complexity index is 340. The van der Waals surface area contributed by atoms with E-state index in [1.54, 1.807) is 6.07 Å². The van der Waals surface area contributed by atoms with Crippen LogP contribution < -0.4 is 10.6 Å². The molecule has 0 saturated heterocycles. The first kappa shape index (κ1) is 12.7. The number of aliphatic hydroxyl groups is 1. The molecule has 0 saturated carbocycles. The summed E-state index contributed by atoms with van der Waals surface area (Å²) in [5.74, 6) is -0.0176. The Balaban J connectivity index is 2.43. The molecule has 1 rings (SSSR count). The molecule has 0 unspecified atom stereocenters. The molecular weight excluding hydrogens is 204 g/mol. The summed E-state index contributed by atoms with van der Waals surface area (Å²) in [5, 5.41) is 14.8. The normalized spacial score (nSPS) is 10.1. The van der Waals surface area contributed by atoms with E-state index in [-0.39, 0.29) is 12.5 Å². The molecule has 1 aromatic carbocycles. The number of amides is 1. The van der Waals surface area contributed by atoms with Gasteiger partial charge in [0.05, 0.1) is 6.61 Å². The van der Waals surface area contributed by atoms with Crippen molar-refractivity contribution < 1.29 is 9.90 Å². The minimum atomic E-state index is -0.0176. The summed E-state index contributed by atoms with van der Waals surface area (Å²) in [5.41, 5.74) is 1.53. The van der Waals surface area contributed by atoms with Crippen molar-refractivity contribution in [1.29, 1.82) is 0 Å². The molecule has 88 valence electrons. The first-order chi connectivity index (χ1) is 7.76.